The lowest BCUT2D eigenvalue weighted by Gasteiger charge is -1.94. The lowest BCUT2D eigenvalue weighted by molar-refractivity contribution is 0.848. The second-order valence-corrected chi connectivity index (χ2v) is 3.44. The van der Waals surface area contributed by atoms with E-state index in [4.69, 9.17) is 5.26 Å². The molecule has 0 unspecified atom stereocenters. The van der Waals surface area contributed by atoms with Crippen LogP contribution in [0.4, 0.5) is 0 Å². The third kappa shape index (κ3) is 1.40. The van der Waals surface area contributed by atoms with Crippen molar-refractivity contribution in [2.24, 2.45) is 0 Å². The highest BCUT2D eigenvalue weighted by atomic mass is 79.9. The summed E-state index contributed by atoms with van der Waals surface area (Å²) in [4.78, 5) is 8.28. The van der Waals surface area contributed by atoms with Crippen LogP contribution < -0.4 is 0 Å². The first-order chi connectivity index (χ1) is 6.31. The van der Waals surface area contributed by atoms with Gasteiger partial charge in [0.05, 0.1) is 12.4 Å². The van der Waals surface area contributed by atoms with Gasteiger partial charge in [-0.2, -0.15) is 5.26 Å². The molecule has 0 aliphatic rings. The van der Waals surface area contributed by atoms with Crippen molar-refractivity contribution in [3.05, 3.63) is 23.1 Å². The molecule has 0 atom stereocenters. The summed E-state index contributed by atoms with van der Waals surface area (Å²) >= 11 is 3.30. The van der Waals surface area contributed by atoms with Gasteiger partial charge in [0, 0.05) is 10.7 Å². The first-order valence-corrected chi connectivity index (χ1v) is 4.44. The Hall–Kier alpha value is -1.41. The first-order valence-electron chi connectivity index (χ1n) is 3.64. The third-order valence-electron chi connectivity index (χ3n) is 1.66. The standard InChI is InChI=1S/C8H5BrN4/c9-6-3-7-8(11-4-6)13(2-1-10)5-12-7/h3-5H,2H2. The fourth-order valence-corrected chi connectivity index (χ4v) is 1.44. The number of halogens is 1. The van der Waals surface area contributed by atoms with Gasteiger partial charge < -0.3 is 4.57 Å². The molecule has 0 aromatic carbocycles. The minimum absolute atomic E-state index is 0.283. The zero-order valence-corrected chi connectivity index (χ0v) is 8.19. The molecular formula is C8H5BrN4. The predicted molar refractivity (Wildman–Crippen MR) is 50.8 cm³/mol. The molecule has 0 radical (unpaired) electrons. The zero-order valence-electron chi connectivity index (χ0n) is 6.61. The number of fused-ring (bicyclic) bond motifs is 1. The topological polar surface area (TPSA) is 54.5 Å². The molecule has 0 N–H and O–H groups in total. The van der Waals surface area contributed by atoms with E-state index in [0.29, 0.717) is 0 Å². The Labute approximate surface area is 83.0 Å². The number of hydrogen-bond donors (Lipinski definition) is 0. The Morgan fingerprint density at radius 3 is 3.15 bits per heavy atom. The van der Waals surface area contributed by atoms with Crippen molar-refractivity contribution in [1.29, 1.82) is 5.26 Å². The summed E-state index contributed by atoms with van der Waals surface area (Å²) in [6.07, 6.45) is 3.31. The van der Waals surface area contributed by atoms with Crippen LogP contribution in [0.3, 0.4) is 0 Å². The van der Waals surface area contributed by atoms with Gasteiger partial charge in [-0.15, -0.1) is 0 Å². The van der Waals surface area contributed by atoms with Crippen LogP contribution in [0.2, 0.25) is 0 Å². The average molecular weight is 237 g/mol. The van der Waals surface area contributed by atoms with E-state index >= 15 is 0 Å². The molecule has 2 aromatic rings. The van der Waals surface area contributed by atoms with Crippen LogP contribution in [-0.2, 0) is 6.54 Å². The van der Waals surface area contributed by atoms with Crippen molar-refractivity contribution < 1.29 is 0 Å². The third-order valence-corrected chi connectivity index (χ3v) is 2.10. The molecular weight excluding hydrogens is 232 g/mol. The zero-order chi connectivity index (χ0) is 9.26. The summed E-state index contributed by atoms with van der Waals surface area (Å²) in [6.45, 7) is 0.283. The second-order valence-electron chi connectivity index (χ2n) is 2.53. The quantitative estimate of drug-likeness (QED) is 0.758. The molecule has 4 nitrogen and oxygen atoms in total. The van der Waals surface area contributed by atoms with E-state index in [1.54, 1.807) is 17.1 Å². The van der Waals surface area contributed by atoms with Crippen LogP contribution >= 0.6 is 15.9 Å². The summed E-state index contributed by atoms with van der Waals surface area (Å²) in [5.74, 6) is 0. The highest BCUT2D eigenvalue weighted by Crippen LogP contribution is 2.15. The maximum absolute atomic E-state index is 8.52. The number of pyridine rings is 1. The van der Waals surface area contributed by atoms with Gasteiger partial charge in [0.1, 0.15) is 12.1 Å². The van der Waals surface area contributed by atoms with E-state index in [1.165, 1.54) is 0 Å². The molecule has 2 heterocycles. The van der Waals surface area contributed by atoms with E-state index in [-0.39, 0.29) is 6.54 Å². The molecule has 5 heteroatoms. The van der Waals surface area contributed by atoms with Crippen molar-refractivity contribution in [3.8, 4) is 6.07 Å². The molecule has 2 aromatic heterocycles. The van der Waals surface area contributed by atoms with Crippen molar-refractivity contribution in [2.45, 2.75) is 6.54 Å². The van der Waals surface area contributed by atoms with Crippen LogP contribution in [0, 0.1) is 11.3 Å². The smallest absolute Gasteiger partial charge is 0.160 e. The summed E-state index contributed by atoms with van der Waals surface area (Å²) in [5.41, 5.74) is 1.54. The number of rotatable bonds is 1. The van der Waals surface area contributed by atoms with Gasteiger partial charge in [-0.25, -0.2) is 9.97 Å². The summed E-state index contributed by atoms with van der Waals surface area (Å²) < 4.78 is 2.60. The molecule has 64 valence electrons. The second kappa shape index (κ2) is 3.15. The number of imidazole rings is 1. The van der Waals surface area contributed by atoms with Crippen LogP contribution in [0.15, 0.2) is 23.1 Å². The van der Waals surface area contributed by atoms with Crippen molar-refractivity contribution in [2.75, 3.05) is 0 Å². The fraction of sp³-hybridized carbons (Fsp3) is 0.125. The highest BCUT2D eigenvalue weighted by molar-refractivity contribution is 9.10. The molecule has 0 amide bonds. The van der Waals surface area contributed by atoms with Gasteiger partial charge >= 0.3 is 0 Å². The van der Waals surface area contributed by atoms with E-state index in [2.05, 4.69) is 25.9 Å². The van der Waals surface area contributed by atoms with E-state index in [0.717, 1.165) is 15.6 Å². The van der Waals surface area contributed by atoms with Crippen molar-refractivity contribution >= 4 is 27.1 Å². The Morgan fingerprint density at radius 1 is 1.54 bits per heavy atom. The Bertz CT molecular complexity index is 482. The predicted octanol–water partition coefficient (Wildman–Crippen LogP) is 1.72. The number of aromatic nitrogens is 3. The molecule has 13 heavy (non-hydrogen) atoms. The van der Waals surface area contributed by atoms with Gasteiger partial charge in [0.2, 0.25) is 0 Å². The Balaban J connectivity index is 2.63. The molecule has 0 aliphatic carbocycles. The van der Waals surface area contributed by atoms with E-state index in [9.17, 15) is 0 Å². The van der Waals surface area contributed by atoms with Crippen LogP contribution in [-0.4, -0.2) is 14.5 Å². The van der Waals surface area contributed by atoms with Crippen LogP contribution in [0.5, 0.6) is 0 Å². The fourth-order valence-electron chi connectivity index (χ4n) is 1.12. The molecule has 0 bridgehead atoms. The van der Waals surface area contributed by atoms with Gasteiger partial charge in [0.15, 0.2) is 5.65 Å². The summed E-state index contributed by atoms with van der Waals surface area (Å²) in [6, 6.07) is 3.92. The largest absolute Gasteiger partial charge is 0.301 e. The first kappa shape index (κ1) is 8.20. The van der Waals surface area contributed by atoms with Gasteiger partial charge in [-0.1, -0.05) is 0 Å². The molecule has 0 spiro atoms. The van der Waals surface area contributed by atoms with Gasteiger partial charge in [0.25, 0.3) is 0 Å². The molecule has 0 saturated carbocycles. The van der Waals surface area contributed by atoms with Crippen molar-refractivity contribution in [3.63, 3.8) is 0 Å². The molecule has 0 fully saturated rings. The normalized spacial score (nSPS) is 10.2. The molecule has 0 saturated heterocycles. The van der Waals surface area contributed by atoms with Gasteiger partial charge in [-0.3, -0.25) is 0 Å². The SMILES string of the molecule is N#CCn1cnc2cc(Br)cnc21. The maximum atomic E-state index is 8.52. The molecule has 0 aliphatic heterocycles. The highest BCUT2D eigenvalue weighted by Gasteiger charge is 2.02. The van der Waals surface area contributed by atoms with Gasteiger partial charge in [-0.05, 0) is 22.0 Å². The minimum atomic E-state index is 0.283. The van der Waals surface area contributed by atoms with Crippen LogP contribution in [0.25, 0.3) is 11.2 Å². The summed E-state index contributed by atoms with van der Waals surface area (Å²) in [7, 11) is 0. The Kier molecular flexibility index (Phi) is 1.99. The minimum Gasteiger partial charge on any atom is -0.301 e. The lowest BCUT2D eigenvalue weighted by atomic mass is 10.4. The number of hydrogen-bond acceptors (Lipinski definition) is 3. The molecule has 2 rings (SSSR count). The van der Waals surface area contributed by atoms with Crippen LogP contribution in [0.1, 0.15) is 0 Å². The van der Waals surface area contributed by atoms with Crippen molar-refractivity contribution in [1.82, 2.24) is 14.5 Å². The maximum Gasteiger partial charge on any atom is 0.160 e. The monoisotopic (exact) mass is 236 g/mol. The Morgan fingerprint density at radius 2 is 2.38 bits per heavy atom. The summed E-state index contributed by atoms with van der Waals surface area (Å²) in [5, 5.41) is 8.52. The average Bonchev–Trinajstić information content (AvgIpc) is 2.49. The lowest BCUT2D eigenvalue weighted by Crippen LogP contribution is -1.94. The van der Waals surface area contributed by atoms with E-state index in [1.807, 2.05) is 12.1 Å². The number of nitriles is 1. The van der Waals surface area contributed by atoms with E-state index < -0.39 is 0 Å². The number of nitrogens with zero attached hydrogens (tertiary/aromatic N) is 4.